The van der Waals surface area contributed by atoms with Crippen molar-refractivity contribution < 1.29 is 16.2 Å². The van der Waals surface area contributed by atoms with Crippen molar-refractivity contribution in [3.63, 3.8) is 0 Å². The number of rotatable bonds is 0. The molecule has 0 aliphatic carbocycles. The summed E-state index contributed by atoms with van der Waals surface area (Å²) in [7, 11) is 0. The number of benzene rings is 1. The van der Waals surface area contributed by atoms with Gasteiger partial charge in [-0.2, -0.15) is 0 Å². The summed E-state index contributed by atoms with van der Waals surface area (Å²) in [5, 5.41) is 9.05. The van der Waals surface area contributed by atoms with Gasteiger partial charge >= 0.3 is 0 Å². The van der Waals surface area contributed by atoms with Crippen molar-refractivity contribution in [2.75, 3.05) is 0 Å². The quantitative estimate of drug-likeness (QED) is 0.527. The van der Waals surface area contributed by atoms with Gasteiger partial charge in [-0.15, -0.1) is 5.06 Å². The number of carbonyl (C=O) groups excluding carboxylic acids is 2. The number of carbonyl (C=O) groups is 2. The first-order chi connectivity index (χ1) is 7.13. The maximum Gasteiger partial charge on any atom is 0.285 e. The van der Waals surface area contributed by atoms with Crippen LogP contribution in [0.4, 0.5) is 0 Å². The molecule has 1 aromatic rings. The van der Waals surface area contributed by atoms with Crippen LogP contribution >= 0.6 is 0 Å². The van der Waals surface area contributed by atoms with Crippen molar-refractivity contribution in [3.8, 4) is 0 Å². The number of hydrogen-bond acceptors (Lipinski definition) is 3. The summed E-state index contributed by atoms with van der Waals surface area (Å²) < 4.78 is 0. The molecule has 1 aliphatic heterocycles. The van der Waals surface area contributed by atoms with Gasteiger partial charge in [0.15, 0.2) is 0 Å². The molecule has 0 atom stereocenters. The molecule has 0 fully saturated rings. The fourth-order valence-electron chi connectivity index (χ4n) is 1.18. The van der Waals surface area contributed by atoms with Crippen LogP contribution in [0.5, 0.6) is 0 Å². The Bertz CT molecular complexity index is 358. The zero-order valence-electron chi connectivity index (χ0n) is 8.73. The second-order valence-electron chi connectivity index (χ2n) is 3.17. The van der Waals surface area contributed by atoms with E-state index in [-0.39, 0.29) is 17.6 Å². The lowest BCUT2D eigenvalue weighted by molar-refractivity contribution is -0.0327. The van der Waals surface area contributed by atoms with Gasteiger partial charge in [-0.1, -0.05) is 32.4 Å². The molecule has 4 nitrogen and oxygen atoms in total. The first kappa shape index (κ1) is 11.4. The van der Waals surface area contributed by atoms with Crippen LogP contribution in [0.25, 0.3) is 0 Å². The number of hydrogen-bond donors (Lipinski definition) is 1. The molecule has 2 amide bonds. The minimum atomic E-state index is -0.657. The van der Waals surface area contributed by atoms with Crippen molar-refractivity contribution in [2.24, 2.45) is 0 Å². The first-order valence-corrected chi connectivity index (χ1v) is 4.80. The Hall–Kier alpha value is -1.68. The summed E-state index contributed by atoms with van der Waals surface area (Å²) >= 11 is 0. The monoisotopic (exact) mass is 209 g/mol. The number of amides is 2. The smallest absolute Gasteiger partial charge is 0.278 e. The number of hydroxylamine groups is 2. The Kier molecular flexibility index (Phi) is 3.57. The minimum Gasteiger partial charge on any atom is -0.278 e. The molecule has 0 radical (unpaired) electrons. The summed E-state index contributed by atoms with van der Waals surface area (Å²) in [6, 6.07) is 6.30. The van der Waals surface area contributed by atoms with Crippen molar-refractivity contribution in [2.45, 2.75) is 20.3 Å². The van der Waals surface area contributed by atoms with Crippen LogP contribution in [0.2, 0.25) is 0 Å². The maximum atomic E-state index is 11.1. The third-order valence-corrected chi connectivity index (χ3v) is 1.77. The Morgan fingerprint density at radius 2 is 1.47 bits per heavy atom. The van der Waals surface area contributed by atoms with Crippen molar-refractivity contribution >= 4 is 11.8 Å². The van der Waals surface area contributed by atoms with Crippen LogP contribution in [-0.4, -0.2) is 22.1 Å². The highest BCUT2D eigenvalue weighted by molar-refractivity contribution is 6.20. The van der Waals surface area contributed by atoms with E-state index in [1.165, 1.54) is 18.6 Å². The van der Waals surface area contributed by atoms with Gasteiger partial charge in [0.1, 0.15) is 0 Å². The second kappa shape index (κ2) is 4.70. The summed E-state index contributed by atoms with van der Waals surface area (Å²) in [5.74, 6) is -1.31. The highest BCUT2D eigenvalue weighted by atomic mass is 16.5. The van der Waals surface area contributed by atoms with Crippen LogP contribution in [0, 0.1) is 0 Å². The summed E-state index contributed by atoms with van der Waals surface area (Å²) in [5.41, 5.74) is 0.509. The van der Waals surface area contributed by atoms with Gasteiger partial charge in [0.05, 0.1) is 11.1 Å². The molecule has 1 heterocycles. The first-order valence-electron chi connectivity index (χ1n) is 4.80. The van der Waals surface area contributed by atoms with E-state index in [1.54, 1.807) is 12.1 Å². The molecule has 4 heteroatoms. The molecule has 0 bridgehead atoms. The molecule has 1 N–H and O–H groups in total. The highest BCUT2D eigenvalue weighted by Crippen LogP contribution is 2.19. The fraction of sp³-hybridized carbons (Fsp3) is 0.273. The number of imide groups is 1. The van der Waals surface area contributed by atoms with Crippen LogP contribution in [0.1, 0.15) is 42.4 Å². The van der Waals surface area contributed by atoms with Gasteiger partial charge in [-0.3, -0.25) is 14.8 Å². The Labute approximate surface area is 89.6 Å². The second-order valence-corrected chi connectivity index (χ2v) is 3.17. The molecule has 0 spiro atoms. The zero-order valence-corrected chi connectivity index (χ0v) is 8.73. The van der Waals surface area contributed by atoms with Gasteiger partial charge in [0.25, 0.3) is 11.8 Å². The van der Waals surface area contributed by atoms with Gasteiger partial charge in [0, 0.05) is 1.43 Å². The average molecular weight is 209 g/mol. The van der Waals surface area contributed by atoms with E-state index in [0.717, 1.165) is 0 Å². The van der Waals surface area contributed by atoms with Crippen LogP contribution in [-0.2, 0) is 0 Å². The Morgan fingerprint density at radius 1 is 1.13 bits per heavy atom. The summed E-state index contributed by atoms with van der Waals surface area (Å²) in [6.45, 7) is 4.25. The molecule has 0 aromatic heterocycles. The van der Waals surface area contributed by atoms with Crippen LogP contribution in [0.15, 0.2) is 24.3 Å². The van der Waals surface area contributed by atoms with E-state index in [4.69, 9.17) is 5.21 Å². The van der Waals surface area contributed by atoms with Crippen molar-refractivity contribution in [1.29, 1.82) is 0 Å². The molecular formula is C11H15NO3. The van der Waals surface area contributed by atoms with E-state index in [9.17, 15) is 9.59 Å². The van der Waals surface area contributed by atoms with Crippen LogP contribution < -0.4 is 0 Å². The molecule has 82 valence electrons. The van der Waals surface area contributed by atoms with E-state index < -0.39 is 11.8 Å². The zero-order chi connectivity index (χ0) is 11.4. The molecular weight excluding hydrogens is 194 g/mol. The Balaban J connectivity index is 0.000000511. The van der Waals surface area contributed by atoms with Crippen molar-refractivity contribution in [1.82, 2.24) is 5.06 Å². The normalized spacial score (nSPS) is 13.4. The lowest BCUT2D eigenvalue weighted by Crippen LogP contribution is -2.25. The molecule has 1 aliphatic rings. The third-order valence-electron chi connectivity index (χ3n) is 1.77. The highest BCUT2D eigenvalue weighted by Gasteiger charge is 2.33. The van der Waals surface area contributed by atoms with Gasteiger partial charge in [0.2, 0.25) is 0 Å². The topological polar surface area (TPSA) is 57.6 Å². The summed E-state index contributed by atoms with van der Waals surface area (Å²) in [4.78, 5) is 22.1. The van der Waals surface area contributed by atoms with E-state index in [1.807, 2.05) is 0 Å². The summed E-state index contributed by atoms with van der Waals surface area (Å²) in [6.07, 6.45) is 1.25. The SMILES string of the molecule is CCC.O=C1c2ccccc2C(=O)N1O.[HH]. The molecule has 2 rings (SSSR count). The van der Waals surface area contributed by atoms with Crippen molar-refractivity contribution in [3.05, 3.63) is 35.4 Å². The predicted octanol–water partition coefficient (Wildman–Crippen LogP) is 2.33. The fourth-order valence-corrected chi connectivity index (χ4v) is 1.18. The molecule has 0 saturated carbocycles. The lowest BCUT2D eigenvalue weighted by Gasteiger charge is -1.99. The van der Waals surface area contributed by atoms with E-state index in [0.29, 0.717) is 0 Å². The Morgan fingerprint density at radius 3 is 1.80 bits per heavy atom. The van der Waals surface area contributed by atoms with Crippen LogP contribution in [0.3, 0.4) is 0 Å². The van der Waals surface area contributed by atoms with E-state index >= 15 is 0 Å². The molecule has 1 aromatic carbocycles. The lowest BCUT2D eigenvalue weighted by atomic mass is 10.1. The predicted molar refractivity (Wildman–Crippen MR) is 56.8 cm³/mol. The largest absolute Gasteiger partial charge is 0.285 e. The third kappa shape index (κ3) is 2.05. The number of nitrogens with zero attached hydrogens (tertiary/aromatic N) is 1. The molecule has 0 unspecified atom stereocenters. The van der Waals surface area contributed by atoms with Gasteiger partial charge in [-0.25, -0.2) is 0 Å². The van der Waals surface area contributed by atoms with E-state index in [2.05, 4.69) is 13.8 Å². The molecule has 0 saturated heterocycles. The standard InChI is InChI=1S/C8H5NO3.C3H8.H2/c10-7-5-3-1-2-4-6(5)8(11)9(7)12;1-3-2;/h1-4,12H;3H2,1-2H3;1H. The van der Waals surface area contributed by atoms with Gasteiger partial charge < -0.3 is 0 Å². The number of fused-ring (bicyclic) bond motifs is 1. The molecule has 15 heavy (non-hydrogen) atoms. The average Bonchev–Trinajstić information content (AvgIpc) is 2.46. The maximum absolute atomic E-state index is 11.1. The van der Waals surface area contributed by atoms with Gasteiger partial charge in [-0.05, 0) is 12.1 Å². The minimum absolute atomic E-state index is 0.